The molecule has 174 valence electrons. The van der Waals surface area contributed by atoms with Crippen LogP contribution in [0.3, 0.4) is 0 Å². The van der Waals surface area contributed by atoms with Gasteiger partial charge in [-0.2, -0.15) is 4.57 Å². The molecule has 5 heterocycles. The highest BCUT2D eigenvalue weighted by atomic mass is 32.2. The number of nitrogens with two attached hydrogens (primary N) is 1. The van der Waals surface area contributed by atoms with E-state index in [1.165, 1.54) is 22.0 Å². The number of fused-ring (bicyclic) bond motifs is 2. The molecule has 5 rings (SSSR count). The number of β-lactam (4-membered cyclic amide) rings is 1. The quantitative estimate of drug-likeness (QED) is 0.123. The Hall–Kier alpha value is -3.49. The third-order valence-electron chi connectivity index (χ3n) is 5.45. The van der Waals surface area contributed by atoms with Crippen LogP contribution in [0.1, 0.15) is 5.69 Å². The Bertz CT molecular complexity index is 1400. The zero-order valence-electron chi connectivity index (χ0n) is 17.2. The van der Waals surface area contributed by atoms with Crippen LogP contribution in [-0.4, -0.2) is 60.9 Å². The molecule has 34 heavy (non-hydrogen) atoms. The fourth-order valence-corrected chi connectivity index (χ4v) is 6.70. The molecule has 0 saturated carbocycles. The summed E-state index contributed by atoms with van der Waals surface area (Å²) in [5, 5.41) is 28.8. The lowest BCUT2D eigenvalue weighted by atomic mass is 10.0. The number of thioether (sulfide) groups is 1. The minimum atomic E-state index is -1.20. The maximum Gasteiger partial charge on any atom is 0.352 e. The molecule has 3 aromatic rings. The number of rotatable bonds is 6. The Morgan fingerprint density at radius 2 is 2.18 bits per heavy atom. The number of nitrogen functional groups attached to an aromatic ring is 1. The molecular weight excluding hydrogens is 500 g/mol. The first-order valence-corrected chi connectivity index (χ1v) is 12.7. The molecule has 11 nitrogen and oxygen atoms in total. The molecule has 14 heteroatoms. The minimum absolute atomic E-state index is 0.0661. The first-order chi connectivity index (χ1) is 16.4. The topological polar surface area (TPSA) is 162 Å². The Kier molecular flexibility index (Phi) is 5.71. The van der Waals surface area contributed by atoms with Gasteiger partial charge in [-0.25, -0.2) is 9.78 Å². The molecule has 1 fully saturated rings. The molecule has 1 unspecified atom stereocenters. The summed E-state index contributed by atoms with van der Waals surface area (Å²) >= 11 is 3.99. The highest BCUT2D eigenvalue weighted by molar-refractivity contribution is 8.00. The van der Waals surface area contributed by atoms with Crippen molar-refractivity contribution in [1.29, 1.82) is 0 Å². The van der Waals surface area contributed by atoms with Crippen molar-refractivity contribution in [1.82, 2.24) is 15.2 Å². The number of pyridine rings is 1. The maximum absolute atomic E-state index is 12.9. The average Bonchev–Trinajstić information content (AvgIpc) is 3.47. The standard InChI is InChI=1S/C20H16N6O5S3/c21-20-22-11(8-34-20)12(24-31)15(27)23-13-16(28)26-14(19(29)30)10(7-33-18(13)26)6-25-4-1-2-9-3-5-32-17(9)25/h1-5,8,13,18H,6-7H2,(H4-,21,22,23,27,29,30,31)/p+1/t13?,18-/m1/s1. The maximum atomic E-state index is 12.9. The van der Waals surface area contributed by atoms with Crippen LogP contribution in [0.5, 0.6) is 0 Å². The van der Waals surface area contributed by atoms with E-state index < -0.39 is 29.2 Å². The van der Waals surface area contributed by atoms with E-state index in [0.717, 1.165) is 21.6 Å². The van der Waals surface area contributed by atoms with Crippen molar-refractivity contribution >= 4 is 73.3 Å². The lowest BCUT2D eigenvalue weighted by molar-refractivity contribution is -0.661. The molecule has 0 spiro atoms. The molecule has 5 N–H and O–H groups in total. The highest BCUT2D eigenvalue weighted by Crippen LogP contribution is 2.40. The van der Waals surface area contributed by atoms with Gasteiger partial charge in [0, 0.05) is 22.8 Å². The van der Waals surface area contributed by atoms with Crippen LogP contribution in [0.4, 0.5) is 5.13 Å². The van der Waals surface area contributed by atoms with Gasteiger partial charge in [0.05, 0.1) is 5.39 Å². The van der Waals surface area contributed by atoms with E-state index in [9.17, 15) is 24.7 Å². The summed E-state index contributed by atoms with van der Waals surface area (Å²) < 4.78 is 1.96. The monoisotopic (exact) mass is 517 g/mol. The molecule has 2 aliphatic heterocycles. The number of thiophene rings is 1. The smallest absolute Gasteiger partial charge is 0.352 e. The van der Waals surface area contributed by atoms with Crippen LogP contribution in [-0.2, 0) is 20.9 Å². The van der Waals surface area contributed by atoms with E-state index >= 15 is 0 Å². The van der Waals surface area contributed by atoms with Crippen LogP contribution >= 0.6 is 34.4 Å². The first-order valence-electron chi connectivity index (χ1n) is 9.89. The van der Waals surface area contributed by atoms with Crippen molar-refractivity contribution in [3.8, 4) is 0 Å². The van der Waals surface area contributed by atoms with Gasteiger partial charge in [0.2, 0.25) is 0 Å². The average molecular weight is 518 g/mol. The number of nitrogens with one attached hydrogen (secondary N) is 1. The third kappa shape index (κ3) is 3.69. The number of nitrogens with zero attached hydrogens (tertiary/aromatic N) is 4. The number of carbonyl (C=O) groups excluding carboxylic acids is 2. The summed E-state index contributed by atoms with van der Waals surface area (Å²) in [4.78, 5) is 43.8. The normalized spacial score (nSPS) is 20.3. The number of aliphatic carboxylic acids is 1. The molecule has 0 aliphatic carbocycles. The van der Waals surface area contributed by atoms with Gasteiger partial charge in [0.15, 0.2) is 23.6 Å². The second-order valence-electron chi connectivity index (χ2n) is 7.46. The van der Waals surface area contributed by atoms with Crippen LogP contribution in [0.2, 0.25) is 0 Å². The number of thiazole rings is 1. The van der Waals surface area contributed by atoms with E-state index in [0.29, 0.717) is 17.9 Å². The molecule has 0 radical (unpaired) electrons. The summed E-state index contributed by atoms with van der Waals surface area (Å²) in [5.74, 6) is -2.18. The molecule has 2 amide bonds. The zero-order chi connectivity index (χ0) is 24.0. The van der Waals surface area contributed by atoms with Crippen molar-refractivity contribution in [2.24, 2.45) is 5.16 Å². The van der Waals surface area contributed by atoms with Crippen molar-refractivity contribution in [3.63, 3.8) is 0 Å². The predicted molar refractivity (Wildman–Crippen MR) is 127 cm³/mol. The number of amides is 2. The van der Waals surface area contributed by atoms with Gasteiger partial charge in [-0.1, -0.05) is 16.5 Å². The van der Waals surface area contributed by atoms with Gasteiger partial charge < -0.3 is 21.4 Å². The van der Waals surface area contributed by atoms with Crippen molar-refractivity contribution in [2.45, 2.75) is 18.0 Å². The lowest BCUT2D eigenvalue weighted by Gasteiger charge is -2.49. The van der Waals surface area contributed by atoms with Gasteiger partial charge in [-0.3, -0.25) is 14.5 Å². The van der Waals surface area contributed by atoms with Crippen LogP contribution in [0.15, 0.2) is 51.6 Å². The summed E-state index contributed by atoms with van der Waals surface area (Å²) in [5.41, 5.74) is 5.81. The number of hydrogen-bond acceptors (Lipinski definition) is 10. The Labute approximate surface area is 204 Å². The van der Waals surface area contributed by atoms with Gasteiger partial charge >= 0.3 is 5.97 Å². The van der Waals surface area contributed by atoms with Gasteiger partial charge in [0.1, 0.15) is 22.8 Å². The van der Waals surface area contributed by atoms with E-state index in [4.69, 9.17) is 5.73 Å². The van der Waals surface area contributed by atoms with Crippen LogP contribution in [0.25, 0.3) is 10.2 Å². The Morgan fingerprint density at radius 3 is 2.88 bits per heavy atom. The summed E-state index contributed by atoms with van der Waals surface area (Å²) in [6.45, 7) is 0.326. The molecule has 2 atom stereocenters. The number of anilines is 1. The second-order valence-corrected chi connectivity index (χ2v) is 10.3. The van der Waals surface area contributed by atoms with E-state index in [-0.39, 0.29) is 22.2 Å². The predicted octanol–water partition coefficient (Wildman–Crippen LogP) is 0.845. The summed E-state index contributed by atoms with van der Waals surface area (Å²) in [6.07, 6.45) is 1.88. The summed E-state index contributed by atoms with van der Waals surface area (Å²) in [6, 6.07) is 4.90. The molecule has 0 bridgehead atoms. The van der Waals surface area contributed by atoms with Crippen LogP contribution < -0.4 is 15.6 Å². The molecule has 1 saturated heterocycles. The van der Waals surface area contributed by atoms with E-state index in [1.54, 1.807) is 11.3 Å². The number of oxime groups is 1. The molecule has 0 aromatic carbocycles. The zero-order valence-corrected chi connectivity index (χ0v) is 19.7. The molecule has 2 aliphatic rings. The number of hydrogen-bond donors (Lipinski definition) is 4. The second kappa shape index (κ2) is 8.70. The van der Waals surface area contributed by atoms with Gasteiger partial charge in [-0.15, -0.1) is 23.1 Å². The van der Waals surface area contributed by atoms with Crippen LogP contribution in [0, 0.1) is 0 Å². The van der Waals surface area contributed by atoms with E-state index in [1.807, 2.05) is 34.3 Å². The van der Waals surface area contributed by atoms with E-state index in [2.05, 4.69) is 15.5 Å². The van der Waals surface area contributed by atoms with Gasteiger partial charge in [0.25, 0.3) is 16.6 Å². The largest absolute Gasteiger partial charge is 0.477 e. The highest BCUT2D eigenvalue weighted by Gasteiger charge is 2.54. The first kappa shape index (κ1) is 22.3. The van der Waals surface area contributed by atoms with Crippen molar-refractivity contribution < 1.29 is 29.3 Å². The number of carboxylic acids is 1. The minimum Gasteiger partial charge on any atom is -0.477 e. The Morgan fingerprint density at radius 1 is 1.35 bits per heavy atom. The SMILES string of the molecule is Nc1nc(C(=NO)C(=O)NC2C(=O)N3C(C(=O)O)=C(C[n+]4cccc5ccsc54)CS[C@H]23)cs1. The lowest BCUT2D eigenvalue weighted by Crippen LogP contribution is -2.71. The number of carboxylic acid groups (broad SMARTS) is 1. The fraction of sp³-hybridized carbons (Fsp3) is 0.200. The Balaban J connectivity index is 1.37. The fourth-order valence-electron chi connectivity index (χ4n) is 3.94. The molecular formula is C20H17N6O5S3+. The van der Waals surface area contributed by atoms with Gasteiger partial charge in [-0.05, 0) is 17.5 Å². The molecule has 3 aromatic heterocycles. The van der Waals surface area contributed by atoms with Crippen molar-refractivity contribution in [3.05, 3.63) is 52.1 Å². The van der Waals surface area contributed by atoms with Crippen molar-refractivity contribution in [2.75, 3.05) is 11.5 Å². The summed E-state index contributed by atoms with van der Waals surface area (Å²) in [7, 11) is 0. The number of aromatic nitrogens is 2. The third-order valence-corrected chi connectivity index (χ3v) is 8.43. The number of carbonyl (C=O) groups is 3.